The predicted molar refractivity (Wildman–Crippen MR) is 50.9 cm³/mol. The van der Waals surface area contributed by atoms with E-state index in [0.717, 1.165) is 19.3 Å². The van der Waals surface area contributed by atoms with E-state index in [9.17, 15) is 8.42 Å². The minimum Gasteiger partial charge on any atom is -0.228 e. The molecule has 0 aromatic carbocycles. The van der Waals surface area contributed by atoms with Crippen LogP contribution in [0, 0.1) is 5.92 Å². The highest BCUT2D eigenvalue weighted by Crippen LogP contribution is 2.29. The van der Waals surface area contributed by atoms with E-state index in [1.54, 1.807) is 0 Å². The molecule has 0 saturated carbocycles. The van der Waals surface area contributed by atoms with E-state index >= 15 is 0 Å². The molecule has 12 heavy (non-hydrogen) atoms. The van der Waals surface area contributed by atoms with Gasteiger partial charge >= 0.3 is 0 Å². The van der Waals surface area contributed by atoms with Crippen LogP contribution in [0.2, 0.25) is 0 Å². The molecule has 1 saturated heterocycles. The van der Waals surface area contributed by atoms with Gasteiger partial charge in [-0.15, -0.1) is 0 Å². The number of hydrogen-bond acceptors (Lipinski definition) is 2. The summed E-state index contributed by atoms with van der Waals surface area (Å²) in [6.45, 7) is 5.84. The van der Waals surface area contributed by atoms with E-state index in [2.05, 4.69) is 0 Å². The minimum atomic E-state index is -2.80. The van der Waals surface area contributed by atoms with Crippen LogP contribution in [-0.4, -0.2) is 18.9 Å². The van der Waals surface area contributed by atoms with Gasteiger partial charge in [0.05, 0.1) is 10.5 Å². The van der Waals surface area contributed by atoms with Crippen LogP contribution < -0.4 is 0 Å². The van der Waals surface area contributed by atoms with Crippen molar-refractivity contribution in [3.8, 4) is 0 Å². The summed E-state index contributed by atoms with van der Waals surface area (Å²) < 4.78 is 23.5. The van der Waals surface area contributed by atoms with Crippen LogP contribution in [0.15, 0.2) is 0 Å². The first-order valence-electron chi connectivity index (χ1n) is 4.69. The van der Waals surface area contributed by atoms with E-state index < -0.39 is 9.84 Å². The van der Waals surface area contributed by atoms with Crippen LogP contribution in [0.1, 0.15) is 40.0 Å². The summed E-state index contributed by atoms with van der Waals surface area (Å²) >= 11 is 0. The Bertz CT molecular complexity index is 241. The lowest BCUT2D eigenvalue weighted by molar-refractivity contribution is 0.459. The first-order chi connectivity index (χ1) is 5.46. The zero-order valence-electron chi connectivity index (χ0n) is 8.08. The molecule has 1 heterocycles. The maximum atomic E-state index is 11.8. The van der Waals surface area contributed by atoms with Gasteiger partial charge in [0.25, 0.3) is 0 Å². The van der Waals surface area contributed by atoms with Crippen molar-refractivity contribution in [3.63, 3.8) is 0 Å². The van der Waals surface area contributed by atoms with Gasteiger partial charge in [0.1, 0.15) is 0 Å². The molecule has 1 unspecified atom stereocenters. The molecule has 1 aliphatic rings. The van der Waals surface area contributed by atoms with Crippen molar-refractivity contribution < 1.29 is 8.42 Å². The van der Waals surface area contributed by atoms with Crippen LogP contribution in [0.3, 0.4) is 0 Å². The standard InChI is InChI=1S/C9H18O2S/c1-7(2)9-6-4-5-8(3)12(9,10)11/h7-9H,4-6H2,1-3H3/t8-,9?/m0/s1. The van der Waals surface area contributed by atoms with Crippen molar-refractivity contribution in [2.45, 2.75) is 50.5 Å². The molecule has 0 aliphatic carbocycles. The quantitative estimate of drug-likeness (QED) is 0.633. The van der Waals surface area contributed by atoms with Gasteiger partial charge in [0, 0.05) is 0 Å². The topological polar surface area (TPSA) is 34.1 Å². The lowest BCUT2D eigenvalue weighted by Gasteiger charge is -2.29. The fraction of sp³-hybridized carbons (Fsp3) is 1.00. The summed E-state index contributed by atoms with van der Waals surface area (Å²) in [7, 11) is -2.80. The maximum absolute atomic E-state index is 11.8. The Morgan fingerprint density at radius 2 is 1.83 bits per heavy atom. The molecule has 2 nitrogen and oxygen atoms in total. The zero-order valence-corrected chi connectivity index (χ0v) is 8.89. The molecule has 0 N–H and O–H groups in total. The molecule has 1 fully saturated rings. The monoisotopic (exact) mass is 190 g/mol. The van der Waals surface area contributed by atoms with Crippen molar-refractivity contribution in [2.24, 2.45) is 5.92 Å². The first-order valence-corrected chi connectivity index (χ1v) is 6.30. The number of sulfone groups is 1. The predicted octanol–water partition coefficient (Wildman–Crippen LogP) is 2.00. The van der Waals surface area contributed by atoms with Crippen LogP contribution in [0.4, 0.5) is 0 Å². The molecule has 0 amide bonds. The third-order valence-corrected chi connectivity index (χ3v) is 5.81. The minimum absolute atomic E-state index is 0.0822. The van der Waals surface area contributed by atoms with Gasteiger partial charge < -0.3 is 0 Å². The Morgan fingerprint density at radius 3 is 2.25 bits per heavy atom. The Hall–Kier alpha value is -0.0500. The van der Waals surface area contributed by atoms with E-state index in [1.165, 1.54) is 0 Å². The van der Waals surface area contributed by atoms with E-state index in [-0.39, 0.29) is 16.4 Å². The molecule has 0 bridgehead atoms. The molecule has 1 aliphatic heterocycles. The SMILES string of the molecule is CC(C)C1CCC[C@H](C)S1(=O)=O. The highest BCUT2D eigenvalue weighted by molar-refractivity contribution is 7.92. The van der Waals surface area contributed by atoms with E-state index in [1.807, 2.05) is 20.8 Å². The normalized spacial score (nSPS) is 35.3. The maximum Gasteiger partial charge on any atom is 0.155 e. The van der Waals surface area contributed by atoms with Crippen LogP contribution >= 0.6 is 0 Å². The second kappa shape index (κ2) is 3.36. The number of hydrogen-bond donors (Lipinski definition) is 0. The lowest BCUT2D eigenvalue weighted by atomic mass is 10.0. The molecule has 3 heteroatoms. The molecular weight excluding hydrogens is 172 g/mol. The summed E-state index contributed by atoms with van der Waals surface area (Å²) in [5.74, 6) is 0.276. The molecule has 0 spiro atoms. The average Bonchev–Trinajstić information content (AvgIpc) is 1.94. The summed E-state index contributed by atoms with van der Waals surface area (Å²) in [6.07, 6.45) is 2.79. The van der Waals surface area contributed by atoms with Gasteiger partial charge in [0.15, 0.2) is 9.84 Å². The Labute approximate surface area is 75.3 Å². The average molecular weight is 190 g/mol. The molecule has 1 rings (SSSR count). The second-order valence-corrected chi connectivity index (χ2v) is 6.70. The van der Waals surface area contributed by atoms with Crippen LogP contribution in [0.25, 0.3) is 0 Å². The molecule has 72 valence electrons. The van der Waals surface area contributed by atoms with Crippen molar-refractivity contribution in [3.05, 3.63) is 0 Å². The van der Waals surface area contributed by atoms with Crippen LogP contribution in [-0.2, 0) is 9.84 Å². The molecule has 0 aromatic rings. The van der Waals surface area contributed by atoms with Gasteiger partial charge in [-0.25, -0.2) is 8.42 Å². The van der Waals surface area contributed by atoms with Gasteiger partial charge in [-0.3, -0.25) is 0 Å². The highest BCUT2D eigenvalue weighted by Gasteiger charge is 2.36. The number of rotatable bonds is 1. The van der Waals surface area contributed by atoms with Gasteiger partial charge in [-0.05, 0) is 25.7 Å². The second-order valence-electron chi connectivity index (χ2n) is 4.11. The lowest BCUT2D eigenvalue weighted by Crippen LogP contribution is -2.37. The van der Waals surface area contributed by atoms with Gasteiger partial charge in [-0.1, -0.05) is 20.3 Å². The van der Waals surface area contributed by atoms with Gasteiger partial charge in [-0.2, -0.15) is 0 Å². The summed E-state index contributed by atoms with van der Waals surface area (Å²) in [6, 6.07) is 0. The van der Waals surface area contributed by atoms with Crippen LogP contribution in [0.5, 0.6) is 0 Å². The summed E-state index contributed by atoms with van der Waals surface area (Å²) in [5.41, 5.74) is 0. The zero-order chi connectivity index (χ0) is 9.35. The third-order valence-electron chi connectivity index (χ3n) is 2.83. The molecule has 0 aromatic heterocycles. The van der Waals surface area contributed by atoms with Crippen molar-refractivity contribution in [1.29, 1.82) is 0 Å². The Balaban J connectivity index is 2.88. The largest absolute Gasteiger partial charge is 0.228 e. The molecular formula is C9H18O2S. The highest BCUT2D eigenvalue weighted by atomic mass is 32.2. The van der Waals surface area contributed by atoms with Crippen molar-refractivity contribution >= 4 is 9.84 Å². The Morgan fingerprint density at radius 1 is 1.25 bits per heavy atom. The first kappa shape index (κ1) is 10.0. The van der Waals surface area contributed by atoms with Crippen molar-refractivity contribution in [1.82, 2.24) is 0 Å². The molecule has 2 atom stereocenters. The van der Waals surface area contributed by atoms with Crippen molar-refractivity contribution in [2.75, 3.05) is 0 Å². The fourth-order valence-electron chi connectivity index (χ4n) is 1.95. The van der Waals surface area contributed by atoms with E-state index in [0.29, 0.717) is 0 Å². The summed E-state index contributed by atoms with van der Waals surface area (Å²) in [5, 5.41) is -0.195. The van der Waals surface area contributed by atoms with Gasteiger partial charge in [0.2, 0.25) is 0 Å². The smallest absolute Gasteiger partial charge is 0.155 e. The Kier molecular flexibility index (Phi) is 2.81. The summed E-state index contributed by atoms with van der Waals surface area (Å²) in [4.78, 5) is 0. The fourth-order valence-corrected chi connectivity index (χ4v) is 4.29. The van der Waals surface area contributed by atoms with E-state index in [4.69, 9.17) is 0 Å². The molecule has 0 radical (unpaired) electrons. The third kappa shape index (κ3) is 1.65.